The fourth-order valence-corrected chi connectivity index (χ4v) is 1.40. The molecule has 0 fully saturated rings. The Balaban J connectivity index is 2.78. The highest BCUT2D eigenvalue weighted by Crippen LogP contribution is 2.14. The monoisotopic (exact) mass is 293 g/mol. The Morgan fingerprint density at radius 1 is 1.29 bits per heavy atom. The molecule has 1 aromatic rings. The number of hydrogen-bond donors (Lipinski definition) is 3. The van der Waals surface area contributed by atoms with Crippen LogP contribution >= 0.6 is 0 Å². The summed E-state index contributed by atoms with van der Waals surface area (Å²) in [6, 6.07) is 2.16. The van der Waals surface area contributed by atoms with Gasteiger partial charge in [-0.2, -0.15) is 0 Å². The molecule has 2 amide bonds. The lowest BCUT2D eigenvalue weighted by Gasteiger charge is -2.21. The number of pyridine rings is 1. The fourth-order valence-electron chi connectivity index (χ4n) is 1.40. The van der Waals surface area contributed by atoms with Gasteiger partial charge in [0.2, 0.25) is 11.8 Å². The molecule has 1 aromatic heterocycles. The number of carboxylic acid groups (broad SMARTS) is 1. The lowest BCUT2D eigenvalue weighted by Crippen LogP contribution is -2.46. The van der Waals surface area contributed by atoms with Crippen LogP contribution in [-0.4, -0.2) is 33.9 Å². The molecule has 0 aromatic carbocycles. The van der Waals surface area contributed by atoms with E-state index in [2.05, 4.69) is 15.6 Å². The molecule has 21 heavy (non-hydrogen) atoms. The van der Waals surface area contributed by atoms with Crippen LogP contribution in [0.2, 0.25) is 0 Å². The summed E-state index contributed by atoms with van der Waals surface area (Å²) in [6.07, 6.45) is 1.32. The minimum atomic E-state index is -1.24. The van der Waals surface area contributed by atoms with Gasteiger partial charge in [0.25, 0.3) is 0 Å². The third-order valence-corrected chi connectivity index (χ3v) is 2.69. The van der Waals surface area contributed by atoms with Crippen molar-refractivity contribution in [1.29, 1.82) is 0 Å². The average molecular weight is 293 g/mol. The van der Waals surface area contributed by atoms with E-state index in [0.717, 1.165) is 0 Å². The molecule has 0 spiro atoms. The van der Waals surface area contributed by atoms with Crippen molar-refractivity contribution in [3.05, 3.63) is 24.0 Å². The van der Waals surface area contributed by atoms with Crippen molar-refractivity contribution in [1.82, 2.24) is 10.3 Å². The number of anilines is 1. The van der Waals surface area contributed by atoms with Crippen molar-refractivity contribution < 1.29 is 19.5 Å². The summed E-state index contributed by atoms with van der Waals surface area (Å²) in [4.78, 5) is 38.5. The van der Waals surface area contributed by atoms with Crippen LogP contribution in [0, 0.1) is 5.41 Å². The van der Waals surface area contributed by atoms with Crippen molar-refractivity contribution in [3.63, 3.8) is 0 Å². The molecule has 7 nitrogen and oxygen atoms in total. The van der Waals surface area contributed by atoms with Crippen molar-refractivity contribution in [2.24, 2.45) is 5.41 Å². The second-order valence-electron chi connectivity index (χ2n) is 5.64. The summed E-state index contributed by atoms with van der Waals surface area (Å²) < 4.78 is 0. The van der Waals surface area contributed by atoms with Crippen molar-refractivity contribution in [3.8, 4) is 0 Å². The molecule has 1 rings (SSSR count). The Bertz CT molecular complexity index is 564. The number of carbonyl (C=O) groups is 3. The third kappa shape index (κ3) is 4.55. The molecule has 0 bridgehead atoms. The molecule has 0 radical (unpaired) electrons. The zero-order chi connectivity index (χ0) is 16.2. The maximum absolute atomic E-state index is 12.0. The molecule has 0 saturated heterocycles. The fraction of sp³-hybridized carbons (Fsp3) is 0.429. The standard InChI is InChI=1S/C14H19N3O4/c1-8(16-13(21)14(2,3)4)11(18)17-9-6-5-7-15-10(9)12(19)20/h5-8H,1-4H3,(H,16,21)(H,17,18)(H,19,20). The quantitative estimate of drug-likeness (QED) is 0.774. The summed E-state index contributed by atoms with van der Waals surface area (Å²) in [5, 5.41) is 14.0. The van der Waals surface area contributed by atoms with Crippen molar-refractivity contribution in [2.75, 3.05) is 5.32 Å². The van der Waals surface area contributed by atoms with E-state index < -0.39 is 23.3 Å². The first-order valence-corrected chi connectivity index (χ1v) is 6.43. The third-order valence-electron chi connectivity index (χ3n) is 2.69. The summed E-state index contributed by atoms with van der Waals surface area (Å²) in [5.74, 6) is -2.02. The molecule has 114 valence electrons. The second kappa shape index (κ2) is 6.34. The summed E-state index contributed by atoms with van der Waals surface area (Å²) >= 11 is 0. The highest BCUT2D eigenvalue weighted by molar-refractivity contribution is 6.02. The van der Waals surface area contributed by atoms with E-state index in [-0.39, 0.29) is 17.3 Å². The molecule has 7 heteroatoms. The van der Waals surface area contributed by atoms with E-state index in [4.69, 9.17) is 5.11 Å². The molecular weight excluding hydrogens is 274 g/mol. The Labute approximate surface area is 122 Å². The van der Waals surface area contributed by atoms with Crippen LogP contribution in [0.1, 0.15) is 38.2 Å². The maximum Gasteiger partial charge on any atom is 0.356 e. The number of aromatic nitrogens is 1. The molecule has 0 saturated carbocycles. The van der Waals surface area contributed by atoms with Crippen LogP contribution < -0.4 is 10.6 Å². The zero-order valence-corrected chi connectivity index (χ0v) is 12.4. The highest BCUT2D eigenvalue weighted by atomic mass is 16.4. The molecule has 1 unspecified atom stereocenters. The smallest absolute Gasteiger partial charge is 0.356 e. The Morgan fingerprint density at radius 3 is 2.43 bits per heavy atom. The maximum atomic E-state index is 12.0. The van der Waals surface area contributed by atoms with E-state index >= 15 is 0 Å². The predicted molar refractivity (Wildman–Crippen MR) is 76.9 cm³/mol. The largest absolute Gasteiger partial charge is 0.476 e. The molecule has 3 N–H and O–H groups in total. The van der Waals surface area contributed by atoms with Gasteiger partial charge >= 0.3 is 5.97 Å². The number of hydrogen-bond acceptors (Lipinski definition) is 4. The number of carbonyl (C=O) groups excluding carboxylic acids is 2. The van der Waals surface area contributed by atoms with Gasteiger partial charge in [0.05, 0.1) is 5.69 Å². The van der Waals surface area contributed by atoms with Crippen LogP contribution in [-0.2, 0) is 9.59 Å². The number of carboxylic acids is 1. The lowest BCUT2D eigenvalue weighted by molar-refractivity contribution is -0.131. The minimum Gasteiger partial charge on any atom is -0.476 e. The van der Waals surface area contributed by atoms with Gasteiger partial charge in [-0.1, -0.05) is 20.8 Å². The number of amides is 2. The molecular formula is C14H19N3O4. The van der Waals surface area contributed by atoms with Crippen LogP contribution in [0.5, 0.6) is 0 Å². The predicted octanol–water partition coefficient (Wildman–Crippen LogP) is 1.27. The van der Waals surface area contributed by atoms with Crippen LogP contribution in [0.25, 0.3) is 0 Å². The molecule has 0 aliphatic heterocycles. The van der Waals surface area contributed by atoms with Gasteiger partial charge in [0.1, 0.15) is 6.04 Å². The number of nitrogens with zero attached hydrogens (tertiary/aromatic N) is 1. The van der Waals surface area contributed by atoms with Gasteiger partial charge in [-0.15, -0.1) is 0 Å². The summed E-state index contributed by atoms with van der Waals surface area (Å²) in [5.41, 5.74) is -0.776. The first-order valence-electron chi connectivity index (χ1n) is 6.43. The van der Waals surface area contributed by atoms with Gasteiger partial charge in [-0.05, 0) is 19.1 Å². The van der Waals surface area contributed by atoms with E-state index in [9.17, 15) is 14.4 Å². The van der Waals surface area contributed by atoms with E-state index in [0.29, 0.717) is 0 Å². The SMILES string of the molecule is CC(NC(=O)C(C)(C)C)C(=O)Nc1cccnc1C(=O)O. The molecule has 0 aliphatic rings. The molecule has 1 atom stereocenters. The molecule has 0 aliphatic carbocycles. The van der Waals surface area contributed by atoms with Crippen LogP contribution in [0.3, 0.4) is 0 Å². The number of rotatable bonds is 4. The summed E-state index contributed by atoms with van der Waals surface area (Å²) in [6.45, 7) is 6.72. The minimum absolute atomic E-state index is 0.0897. The van der Waals surface area contributed by atoms with Gasteiger partial charge in [-0.3, -0.25) is 9.59 Å². The van der Waals surface area contributed by atoms with Gasteiger partial charge < -0.3 is 15.7 Å². The Morgan fingerprint density at radius 2 is 1.90 bits per heavy atom. The Hall–Kier alpha value is -2.44. The van der Waals surface area contributed by atoms with E-state index in [1.54, 1.807) is 20.8 Å². The first-order chi connectivity index (χ1) is 9.62. The van der Waals surface area contributed by atoms with Gasteiger partial charge in [-0.25, -0.2) is 9.78 Å². The van der Waals surface area contributed by atoms with E-state index in [1.165, 1.54) is 25.3 Å². The first kappa shape index (κ1) is 16.6. The highest BCUT2D eigenvalue weighted by Gasteiger charge is 2.25. The van der Waals surface area contributed by atoms with Crippen molar-refractivity contribution in [2.45, 2.75) is 33.7 Å². The van der Waals surface area contributed by atoms with Gasteiger partial charge in [0, 0.05) is 11.6 Å². The normalized spacial score (nSPS) is 12.4. The number of nitrogens with one attached hydrogen (secondary N) is 2. The second-order valence-corrected chi connectivity index (χ2v) is 5.64. The van der Waals surface area contributed by atoms with Crippen LogP contribution in [0.4, 0.5) is 5.69 Å². The zero-order valence-electron chi connectivity index (χ0n) is 12.4. The number of aromatic carboxylic acids is 1. The molecule has 1 heterocycles. The van der Waals surface area contributed by atoms with Gasteiger partial charge in [0.15, 0.2) is 5.69 Å². The van der Waals surface area contributed by atoms with E-state index in [1.807, 2.05) is 0 Å². The van der Waals surface area contributed by atoms with Crippen molar-refractivity contribution >= 4 is 23.5 Å². The average Bonchev–Trinajstić information content (AvgIpc) is 2.37. The Kier molecular flexibility index (Phi) is 5.02. The van der Waals surface area contributed by atoms with Crippen LogP contribution in [0.15, 0.2) is 18.3 Å². The lowest BCUT2D eigenvalue weighted by atomic mass is 9.95. The summed E-state index contributed by atoms with van der Waals surface area (Å²) in [7, 11) is 0. The topological polar surface area (TPSA) is 108 Å².